The van der Waals surface area contributed by atoms with Gasteiger partial charge in [0.05, 0.1) is 12.2 Å². The second-order valence-corrected chi connectivity index (χ2v) is 12.7. The van der Waals surface area contributed by atoms with Crippen LogP contribution in [-0.2, 0) is 11.2 Å². The molecule has 1 saturated carbocycles. The molecule has 2 aromatic carbocycles. The second kappa shape index (κ2) is 14.0. The Morgan fingerprint density at radius 2 is 1.74 bits per heavy atom. The number of esters is 1. The third-order valence-electron chi connectivity index (χ3n) is 8.88. The smallest absolute Gasteiger partial charge is 0.338 e. The number of rotatable bonds is 12. The molecule has 3 rings (SSSR count). The molecule has 0 aliphatic heterocycles. The molecule has 0 spiro atoms. The van der Waals surface area contributed by atoms with Crippen molar-refractivity contribution in [1.29, 1.82) is 0 Å². The number of hydrogen-bond donors (Lipinski definition) is 0. The number of allylic oxidation sites excluding steroid dienone is 3. The Bertz CT molecular complexity index is 1120. The maximum Gasteiger partial charge on any atom is 0.338 e. The third-order valence-corrected chi connectivity index (χ3v) is 8.88. The van der Waals surface area contributed by atoms with E-state index in [-0.39, 0.29) is 17.3 Å². The molecule has 2 unspecified atom stereocenters. The van der Waals surface area contributed by atoms with Gasteiger partial charge in [0.25, 0.3) is 0 Å². The lowest BCUT2D eigenvalue weighted by Gasteiger charge is -2.45. The second-order valence-electron chi connectivity index (χ2n) is 12.7. The molecular formula is C37H50O2. The fraction of sp³-hybridized carbons (Fsp3) is 0.486. The van der Waals surface area contributed by atoms with Crippen molar-refractivity contribution in [1.82, 2.24) is 0 Å². The van der Waals surface area contributed by atoms with E-state index < -0.39 is 0 Å². The van der Waals surface area contributed by atoms with Crippen LogP contribution in [0.1, 0.15) is 100 Å². The highest BCUT2D eigenvalue weighted by molar-refractivity contribution is 5.89. The fourth-order valence-corrected chi connectivity index (χ4v) is 6.06. The summed E-state index contributed by atoms with van der Waals surface area (Å²) in [6, 6.07) is 16.4. The zero-order chi connectivity index (χ0) is 28.6. The Balaban J connectivity index is 1.47. The molecule has 2 nitrogen and oxygen atoms in total. The number of carbonyl (C=O) groups is 1. The molecule has 5 atom stereocenters. The lowest BCUT2D eigenvalue weighted by Crippen LogP contribution is -2.35. The van der Waals surface area contributed by atoms with Crippen LogP contribution in [0.2, 0.25) is 0 Å². The van der Waals surface area contributed by atoms with Gasteiger partial charge in [-0.25, -0.2) is 4.79 Å². The SMILES string of the molecule is C=C[C@]1(C)CC[C@@H](C(C)C/C=C/c2ccc(C(=O)OCC(C)c3ccc(CC(C)C)cc3)cc2)C[C@H]1C(=C)C. The standard InChI is InChI=1S/C37H50O2/c1-9-37(8)22-21-34(24-35(37)27(4)5)28(6)11-10-12-30-13-19-33(20-14-30)36(38)39-25-29(7)32-17-15-31(16-18-32)23-26(2)3/h9-10,12-20,26,28-29,34-35H,1,4,11,21-25H2,2-3,5-8H3/b12-10+/t28?,29?,34-,35+,37-/m1/s1. The summed E-state index contributed by atoms with van der Waals surface area (Å²) in [6.45, 7) is 22.2. The minimum Gasteiger partial charge on any atom is -0.461 e. The molecule has 39 heavy (non-hydrogen) atoms. The van der Waals surface area contributed by atoms with Crippen molar-refractivity contribution in [2.45, 2.75) is 79.6 Å². The molecule has 0 saturated heterocycles. The first-order valence-electron chi connectivity index (χ1n) is 14.8. The van der Waals surface area contributed by atoms with E-state index in [2.05, 4.69) is 97.2 Å². The Hall–Kier alpha value is -2.87. The minimum absolute atomic E-state index is 0.159. The van der Waals surface area contributed by atoms with Gasteiger partial charge in [0.1, 0.15) is 0 Å². The molecule has 0 bridgehead atoms. The number of benzene rings is 2. The summed E-state index contributed by atoms with van der Waals surface area (Å²) in [5, 5.41) is 0. The monoisotopic (exact) mass is 526 g/mol. The van der Waals surface area contributed by atoms with E-state index in [9.17, 15) is 4.79 Å². The average molecular weight is 527 g/mol. The van der Waals surface area contributed by atoms with Gasteiger partial charge in [0, 0.05) is 5.92 Å². The molecule has 0 amide bonds. The van der Waals surface area contributed by atoms with Crippen LogP contribution in [0.25, 0.3) is 6.08 Å². The first-order chi connectivity index (χ1) is 18.5. The van der Waals surface area contributed by atoms with Crippen LogP contribution in [0.4, 0.5) is 0 Å². The molecule has 0 radical (unpaired) electrons. The van der Waals surface area contributed by atoms with Gasteiger partial charge in [0.15, 0.2) is 0 Å². The van der Waals surface area contributed by atoms with Crippen molar-refractivity contribution in [2.24, 2.45) is 29.1 Å². The van der Waals surface area contributed by atoms with Gasteiger partial charge in [-0.05, 0) is 96.9 Å². The Morgan fingerprint density at radius 1 is 1.08 bits per heavy atom. The van der Waals surface area contributed by atoms with Crippen molar-refractivity contribution >= 4 is 12.0 Å². The van der Waals surface area contributed by atoms with Gasteiger partial charge in [-0.3, -0.25) is 0 Å². The van der Waals surface area contributed by atoms with E-state index >= 15 is 0 Å². The van der Waals surface area contributed by atoms with Crippen LogP contribution in [0, 0.1) is 29.1 Å². The fourth-order valence-electron chi connectivity index (χ4n) is 6.06. The summed E-state index contributed by atoms with van der Waals surface area (Å²) in [7, 11) is 0. The highest BCUT2D eigenvalue weighted by Gasteiger charge is 2.39. The molecule has 0 N–H and O–H groups in total. The van der Waals surface area contributed by atoms with E-state index in [1.165, 1.54) is 36.0 Å². The number of ether oxygens (including phenoxy) is 1. The van der Waals surface area contributed by atoms with Crippen molar-refractivity contribution in [3.05, 3.63) is 102 Å². The van der Waals surface area contributed by atoms with Crippen molar-refractivity contribution in [2.75, 3.05) is 6.61 Å². The van der Waals surface area contributed by atoms with Crippen LogP contribution >= 0.6 is 0 Å². The van der Waals surface area contributed by atoms with Crippen molar-refractivity contribution in [3.63, 3.8) is 0 Å². The van der Waals surface area contributed by atoms with Gasteiger partial charge < -0.3 is 4.74 Å². The first kappa shape index (κ1) is 30.7. The van der Waals surface area contributed by atoms with Crippen LogP contribution in [0.15, 0.2) is 79.4 Å². The number of carbonyl (C=O) groups excluding carboxylic acids is 1. The zero-order valence-electron chi connectivity index (χ0n) is 25.2. The summed E-state index contributed by atoms with van der Waals surface area (Å²) in [5.41, 5.74) is 5.71. The molecule has 1 fully saturated rings. The maximum atomic E-state index is 12.6. The summed E-state index contributed by atoms with van der Waals surface area (Å²) in [6.07, 6.45) is 12.4. The normalized spacial score (nSPS) is 22.9. The van der Waals surface area contributed by atoms with Gasteiger partial charge in [-0.15, -0.1) is 6.58 Å². The van der Waals surface area contributed by atoms with Crippen molar-refractivity contribution in [3.8, 4) is 0 Å². The molecule has 1 aliphatic carbocycles. The molecular weight excluding hydrogens is 476 g/mol. The molecule has 2 heteroatoms. The molecule has 1 aliphatic rings. The Labute approximate surface area is 238 Å². The van der Waals surface area contributed by atoms with E-state index in [4.69, 9.17) is 4.74 Å². The third kappa shape index (κ3) is 8.56. The predicted molar refractivity (Wildman–Crippen MR) is 167 cm³/mol. The van der Waals surface area contributed by atoms with Crippen LogP contribution in [-0.4, -0.2) is 12.6 Å². The first-order valence-corrected chi connectivity index (χ1v) is 14.8. The molecule has 210 valence electrons. The lowest BCUT2D eigenvalue weighted by molar-refractivity contribution is 0.0485. The van der Waals surface area contributed by atoms with Gasteiger partial charge in [-0.1, -0.05) is 101 Å². The summed E-state index contributed by atoms with van der Waals surface area (Å²) < 4.78 is 5.64. The Morgan fingerprint density at radius 3 is 2.33 bits per heavy atom. The zero-order valence-corrected chi connectivity index (χ0v) is 25.2. The molecule has 0 aromatic heterocycles. The largest absolute Gasteiger partial charge is 0.461 e. The topological polar surface area (TPSA) is 26.3 Å². The average Bonchev–Trinajstić information content (AvgIpc) is 2.92. The summed E-state index contributed by atoms with van der Waals surface area (Å²) in [5.74, 6) is 2.39. The van der Waals surface area contributed by atoms with Crippen LogP contribution < -0.4 is 0 Å². The summed E-state index contributed by atoms with van der Waals surface area (Å²) in [4.78, 5) is 12.6. The Kier molecular flexibility index (Phi) is 11.0. The highest BCUT2D eigenvalue weighted by Crippen LogP contribution is 2.49. The quantitative estimate of drug-likeness (QED) is 0.203. The van der Waals surface area contributed by atoms with E-state index in [1.54, 1.807) is 0 Å². The van der Waals surface area contributed by atoms with Crippen LogP contribution in [0.5, 0.6) is 0 Å². The van der Waals surface area contributed by atoms with Gasteiger partial charge in [0.2, 0.25) is 0 Å². The van der Waals surface area contributed by atoms with Gasteiger partial charge in [-0.2, -0.15) is 0 Å². The lowest BCUT2D eigenvalue weighted by atomic mass is 9.60. The summed E-state index contributed by atoms with van der Waals surface area (Å²) >= 11 is 0. The maximum absolute atomic E-state index is 12.6. The molecule has 0 heterocycles. The van der Waals surface area contributed by atoms with Crippen molar-refractivity contribution < 1.29 is 9.53 Å². The van der Waals surface area contributed by atoms with E-state index in [0.717, 1.165) is 18.4 Å². The van der Waals surface area contributed by atoms with Gasteiger partial charge >= 0.3 is 5.97 Å². The predicted octanol–water partition coefficient (Wildman–Crippen LogP) is 10.1. The van der Waals surface area contributed by atoms with Crippen LogP contribution in [0.3, 0.4) is 0 Å². The van der Waals surface area contributed by atoms with E-state index in [0.29, 0.717) is 35.8 Å². The molecule has 2 aromatic rings. The minimum atomic E-state index is -0.265. The highest BCUT2D eigenvalue weighted by atomic mass is 16.5. The number of hydrogen-bond acceptors (Lipinski definition) is 2. The van der Waals surface area contributed by atoms with E-state index in [1.807, 2.05) is 24.3 Å².